The molecular formula is C14H19BrFN. The van der Waals surface area contributed by atoms with Crippen molar-refractivity contribution in [3.8, 4) is 0 Å². The Labute approximate surface area is 111 Å². The smallest absolute Gasteiger partial charge is 0.124 e. The molecule has 0 heterocycles. The first-order chi connectivity index (χ1) is 8.20. The van der Waals surface area contributed by atoms with Crippen molar-refractivity contribution in [3.63, 3.8) is 0 Å². The molecular weight excluding hydrogens is 281 g/mol. The van der Waals surface area contributed by atoms with Crippen LogP contribution in [0.2, 0.25) is 0 Å². The van der Waals surface area contributed by atoms with E-state index in [0.717, 1.165) is 23.4 Å². The van der Waals surface area contributed by atoms with Gasteiger partial charge in [0.2, 0.25) is 0 Å². The van der Waals surface area contributed by atoms with Gasteiger partial charge < -0.3 is 5.32 Å². The molecule has 0 bridgehead atoms. The van der Waals surface area contributed by atoms with Crippen LogP contribution in [-0.4, -0.2) is 12.6 Å². The summed E-state index contributed by atoms with van der Waals surface area (Å²) >= 11 is 3.45. The van der Waals surface area contributed by atoms with E-state index in [2.05, 4.69) is 28.2 Å². The van der Waals surface area contributed by atoms with E-state index in [-0.39, 0.29) is 5.82 Å². The van der Waals surface area contributed by atoms with Crippen LogP contribution < -0.4 is 5.32 Å². The van der Waals surface area contributed by atoms with Crippen LogP contribution in [0.4, 0.5) is 4.39 Å². The highest BCUT2D eigenvalue weighted by Gasteiger charge is 2.27. The predicted molar refractivity (Wildman–Crippen MR) is 72.6 cm³/mol. The number of hydrogen-bond acceptors (Lipinski definition) is 1. The van der Waals surface area contributed by atoms with Gasteiger partial charge in [0.15, 0.2) is 0 Å². The summed E-state index contributed by atoms with van der Waals surface area (Å²) in [6.07, 6.45) is 5.00. The predicted octanol–water partition coefficient (Wildman–Crippen LogP) is 3.91. The van der Waals surface area contributed by atoms with Crippen LogP contribution in [0.25, 0.3) is 0 Å². The Morgan fingerprint density at radius 2 is 2.24 bits per heavy atom. The van der Waals surface area contributed by atoms with Crippen LogP contribution in [0.5, 0.6) is 0 Å². The highest BCUT2D eigenvalue weighted by molar-refractivity contribution is 9.10. The first-order valence-corrected chi connectivity index (χ1v) is 7.17. The summed E-state index contributed by atoms with van der Waals surface area (Å²) in [7, 11) is 0. The van der Waals surface area contributed by atoms with E-state index in [1.165, 1.54) is 24.8 Å². The van der Waals surface area contributed by atoms with Gasteiger partial charge in [0.1, 0.15) is 5.82 Å². The van der Waals surface area contributed by atoms with Crippen molar-refractivity contribution in [1.82, 2.24) is 5.32 Å². The minimum Gasteiger partial charge on any atom is -0.314 e. The van der Waals surface area contributed by atoms with Crippen LogP contribution >= 0.6 is 15.9 Å². The van der Waals surface area contributed by atoms with Gasteiger partial charge in [-0.1, -0.05) is 35.3 Å². The molecule has 1 aromatic carbocycles. The Balaban J connectivity index is 2.05. The third kappa shape index (κ3) is 3.29. The number of nitrogens with one attached hydrogen (secondary N) is 1. The van der Waals surface area contributed by atoms with E-state index in [9.17, 15) is 4.39 Å². The molecule has 1 atom stereocenters. The Morgan fingerprint density at radius 3 is 2.76 bits per heavy atom. The van der Waals surface area contributed by atoms with Crippen molar-refractivity contribution in [3.05, 3.63) is 34.1 Å². The lowest BCUT2D eigenvalue weighted by Crippen LogP contribution is -2.41. The number of likely N-dealkylation sites (N-methyl/N-ethyl adjacent to an activating group) is 1. The molecule has 1 aliphatic rings. The Kier molecular flexibility index (Phi) is 4.57. The second-order valence-corrected chi connectivity index (χ2v) is 5.65. The topological polar surface area (TPSA) is 12.0 Å². The minimum absolute atomic E-state index is 0.177. The quantitative estimate of drug-likeness (QED) is 0.869. The number of halogens is 2. The molecule has 1 nitrogen and oxygen atoms in total. The highest BCUT2D eigenvalue weighted by Crippen LogP contribution is 2.32. The molecule has 1 unspecified atom stereocenters. The summed E-state index contributed by atoms with van der Waals surface area (Å²) in [4.78, 5) is 0. The molecule has 0 spiro atoms. The van der Waals surface area contributed by atoms with E-state index >= 15 is 0 Å². The normalized spacial score (nSPS) is 17.8. The molecule has 1 fully saturated rings. The molecule has 1 aromatic rings. The van der Waals surface area contributed by atoms with Gasteiger partial charge in [0.05, 0.1) is 0 Å². The number of hydrogen-bond donors (Lipinski definition) is 1. The second-order valence-electron chi connectivity index (χ2n) is 4.80. The van der Waals surface area contributed by atoms with E-state index in [1.54, 1.807) is 12.1 Å². The molecule has 1 N–H and O–H groups in total. The fraction of sp³-hybridized carbons (Fsp3) is 0.571. The molecule has 1 saturated carbocycles. The number of rotatable bonds is 5. The maximum Gasteiger partial charge on any atom is 0.124 e. The third-order valence-corrected chi connectivity index (χ3v) is 4.38. The minimum atomic E-state index is -0.177. The standard InChI is InChI=1S/C14H19BrFN/c1-2-17-14(10-4-3-5-10)8-11-6-7-12(16)9-13(11)15/h6-7,9-10,14,17H,2-5,8H2,1H3. The van der Waals surface area contributed by atoms with Gasteiger partial charge in [-0.15, -0.1) is 0 Å². The van der Waals surface area contributed by atoms with Crippen molar-refractivity contribution in [2.75, 3.05) is 6.54 Å². The summed E-state index contributed by atoms with van der Waals surface area (Å²) in [6.45, 7) is 3.14. The molecule has 94 valence electrons. The molecule has 3 heteroatoms. The first-order valence-electron chi connectivity index (χ1n) is 6.38. The summed E-state index contributed by atoms with van der Waals surface area (Å²) in [5.41, 5.74) is 1.20. The molecule has 2 rings (SSSR count). The Morgan fingerprint density at radius 1 is 1.47 bits per heavy atom. The van der Waals surface area contributed by atoms with Gasteiger partial charge in [0, 0.05) is 10.5 Å². The van der Waals surface area contributed by atoms with Gasteiger partial charge in [-0.05, 0) is 49.4 Å². The Bertz CT molecular complexity index is 376. The maximum atomic E-state index is 13.0. The third-order valence-electron chi connectivity index (χ3n) is 3.64. The van der Waals surface area contributed by atoms with Gasteiger partial charge in [0.25, 0.3) is 0 Å². The van der Waals surface area contributed by atoms with E-state index in [0.29, 0.717) is 6.04 Å². The molecule has 0 aromatic heterocycles. The van der Waals surface area contributed by atoms with Crippen molar-refractivity contribution < 1.29 is 4.39 Å². The fourth-order valence-electron chi connectivity index (χ4n) is 2.43. The number of benzene rings is 1. The monoisotopic (exact) mass is 299 g/mol. The molecule has 0 radical (unpaired) electrons. The first kappa shape index (κ1) is 13.0. The lowest BCUT2D eigenvalue weighted by Gasteiger charge is -2.34. The largest absolute Gasteiger partial charge is 0.314 e. The van der Waals surface area contributed by atoms with E-state index < -0.39 is 0 Å². The van der Waals surface area contributed by atoms with Crippen molar-refractivity contribution >= 4 is 15.9 Å². The van der Waals surface area contributed by atoms with Gasteiger partial charge >= 0.3 is 0 Å². The molecule has 1 aliphatic carbocycles. The summed E-state index contributed by atoms with van der Waals surface area (Å²) in [5.74, 6) is 0.621. The average Bonchev–Trinajstić information content (AvgIpc) is 2.20. The molecule has 0 aliphatic heterocycles. The zero-order chi connectivity index (χ0) is 12.3. The lowest BCUT2D eigenvalue weighted by molar-refractivity contribution is 0.229. The molecule has 0 saturated heterocycles. The Hall–Kier alpha value is -0.410. The molecule has 0 amide bonds. The van der Waals surface area contributed by atoms with Crippen LogP contribution in [-0.2, 0) is 6.42 Å². The lowest BCUT2D eigenvalue weighted by atomic mass is 9.77. The summed E-state index contributed by atoms with van der Waals surface area (Å²) in [5, 5.41) is 3.56. The SMILES string of the molecule is CCNC(Cc1ccc(F)cc1Br)C1CCC1. The fourth-order valence-corrected chi connectivity index (χ4v) is 2.95. The van der Waals surface area contributed by atoms with Crippen LogP contribution in [0.15, 0.2) is 22.7 Å². The van der Waals surface area contributed by atoms with Crippen LogP contribution in [0.1, 0.15) is 31.7 Å². The summed E-state index contributed by atoms with van der Waals surface area (Å²) in [6, 6.07) is 5.53. The zero-order valence-electron chi connectivity index (χ0n) is 10.2. The van der Waals surface area contributed by atoms with Gasteiger partial charge in [-0.25, -0.2) is 4.39 Å². The van der Waals surface area contributed by atoms with Crippen LogP contribution in [0, 0.1) is 11.7 Å². The van der Waals surface area contributed by atoms with Gasteiger partial charge in [-0.3, -0.25) is 0 Å². The maximum absolute atomic E-state index is 13.0. The van der Waals surface area contributed by atoms with E-state index in [4.69, 9.17) is 0 Å². The zero-order valence-corrected chi connectivity index (χ0v) is 11.8. The van der Waals surface area contributed by atoms with E-state index in [1.807, 2.05) is 6.07 Å². The van der Waals surface area contributed by atoms with Crippen LogP contribution in [0.3, 0.4) is 0 Å². The summed E-state index contributed by atoms with van der Waals surface area (Å²) < 4.78 is 13.9. The molecule has 17 heavy (non-hydrogen) atoms. The van der Waals surface area contributed by atoms with Crippen molar-refractivity contribution in [2.45, 2.75) is 38.6 Å². The average molecular weight is 300 g/mol. The van der Waals surface area contributed by atoms with Crippen molar-refractivity contribution in [2.24, 2.45) is 5.92 Å². The highest BCUT2D eigenvalue weighted by atomic mass is 79.9. The van der Waals surface area contributed by atoms with Gasteiger partial charge in [-0.2, -0.15) is 0 Å². The van der Waals surface area contributed by atoms with Crippen molar-refractivity contribution in [1.29, 1.82) is 0 Å². The second kappa shape index (κ2) is 5.96.